The van der Waals surface area contributed by atoms with Crippen molar-refractivity contribution in [2.24, 2.45) is 5.11 Å². The number of azide groups is 1. The van der Waals surface area contributed by atoms with Crippen molar-refractivity contribution in [1.29, 1.82) is 0 Å². The van der Waals surface area contributed by atoms with E-state index in [9.17, 15) is 0 Å². The van der Waals surface area contributed by atoms with Crippen molar-refractivity contribution in [3.63, 3.8) is 0 Å². The summed E-state index contributed by atoms with van der Waals surface area (Å²) >= 11 is 0. The Balaban J connectivity index is 3.31. The standard InChI is InChI=1S/C5H11N3/c1-3-4-5(2)7-8-6/h5H,3-4H2,1-2H3/t5-/m0/s1. The van der Waals surface area contributed by atoms with Crippen LogP contribution in [-0.4, -0.2) is 6.04 Å². The molecule has 0 aromatic heterocycles. The summed E-state index contributed by atoms with van der Waals surface area (Å²) in [4.78, 5) is 2.68. The summed E-state index contributed by atoms with van der Waals surface area (Å²) in [5, 5.41) is 3.49. The van der Waals surface area contributed by atoms with E-state index in [0.717, 1.165) is 12.8 Å². The average molecular weight is 113 g/mol. The molecular formula is C5H11N3. The van der Waals surface area contributed by atoms with Crippen molar-refractivity contribution in [3.8, 4) is 0 Å². The molecule has 0 heterocycles. The zero-order valence-corrected chi connectivity index (χ0v) is 5.33. The first-order valence-corrected chi connectivity index (χ1v) is 2.85. The molecule has 0 aliphatic heterocycles. The second kappa shape index (κ2) is 4.47. The normalized spacial score (nSPS) is 12.2. The van der Waals surface area contributed by atoms with Crippen molar-refractivity contribution >= 4 is 0 Å². The molecular weight excluding hydrogens is 102 g/mol. The van der Waals surface area contributed by atoms with Crippen LogP contribution in [-0.2, 0) is 0 Å². The van der Waals surface area contributed by atoms with Crippen LogP contribution >= 0.6 is 0 Å². The third-order valence-electron chi connectivity index (χ3n) is 0.955. The second-order valence-corrected chi connectivity index (χ2v) is 1.84. The van der Waals surface area contributed by atoms with Crippen molar-refractivity contribution < 1.29 is 0 Å². The minimum absolute atomic E-state index is 0.171. The fourth-order valence-electron chi connectivity index (χ4n) is 0.564. The van der Waals surface area contributed by atoms with Gasteiger partial charge in [-0.2, -0.15) is 0 Å². The monoisotopic (exact) mass is 113 g/mol. The van der Waals surface area contributed by atoms with Gasteiger partial charge in [0, 0.05) is 11.0 Å². The van der Waals surface area contributed by atoms with E-state index in [1.807, 2.05) is 6.92 Å². The van der Waals surface area contributed by atoms with Gasteiger partial charge in [-0.3, -0.25) is 0 Å². The van der Waals surface area contributed by atoms with Gasteiger partial charge in [-0.15, -0.1) is 0 Å². The van der Waals surface area contributed by atoms with Gasteiger partial charge in [0.25, 0.3) is 0 Å². The van der Waals surface area contributed by atoms with Crippen molar-refractivity contribution in [1.82, 2.24) is 0 Å². The second-order valence-electron chi connectivity index (χ2n) is 1.84. The van der Waals surface area contributed by atoms with E-state index < -0.39 is 0 Å². The van der Waals surface area contributed by atoms with Crippen LogP contribution in [0.25, 0.3) is 10.4 Å². The first kappa shape index (κ1) is 7.31. The number of hydrogen-bond donors (Lipinski definition) is 0. The fraction of sp³-hybridized carbons (Fsp3) is 1.00. The van der Waals surface area contributed by atoms with E-state index in [-0.39, 0.29) is 6.04 Å². The highest BCUT2D eigenvalue weighted by molar-refractivity contribution is 4.57. The number of rotatable bonds is 3. The molecule has 0 rings (SSSR count). The van der Waals surface area contributed by atoms with Gasteiger partial charge in [-0.05, 0) is 12.0 Å². The van der Waals surface area contributed by atoms with Gasteiger partial charge in [-0.1, -0.05) is 25.4 Å². The molecule has 0 radical (unpaired) electrons. The zero-order chi connectivity index (χ0) is 6.41. The maximum atomic E-state index is 7.92. The molecule has 0 spiro atoms. The highest BCUT2D eigenvalue weighted by Gasteiger charge is 1.92. The van der Waals surface area contributed by atoms with E-state index in [4.69, 9.17) is 5.53 Å². The van der Waals surface area contributed by atoms with Crippen LogP contribution in [0.5, 0.6) is 0 Å². The minimum atomic E-state index is 0.171. The van der Waals surface area contributed by atoms with Crippen molar-refractivity contribution in [2.75, 3.05) is 0 Å². The fourth-order valence-corrected chi connectivity index (χ4v) is 0.564. The van der Waals surface area contributed by atoms with E-state index in [0.29, 0.717) is 0 Å². The molecule has 46 valence electrons. The Morgan fingerprint density at radius 2 is 2.38 bits per heavy atom. The molecule has 0 aliphatic rings. The molecule has 0 saturated carbocycles. The van der Waals surface area contributed by atoms with Crippen LogP contribution in [0.15, 0.2) is 5.11 Å². The number of hydrogen-bond acceptors (Lipinski definition) is 1. The molecule has 0 aliphatic carbocycles. The van der Waals surface area contributed by atoms with Gasteiger partial charge in [0.1, 0.15) is 0 Å². The Labute approximate surface area is 49.3 Å². The topological polar surface area (TPSA) is 48.8 Å². The van der Waals surface area contributed by atoms with Crippen molar-refractivity contribution in [2.45, 2.75) is 32.7 Å². The summed E-state index contributed by atoms with van der Waals surface area (Å²) in [7, 11) is 0. The van der Waals surface area contributed by atoms with Crippen LogP contribution < -0.4 is 0 Å². The van der Waals surface area contributed by atoms with Crippen LogP contribution in [0, 0.1) is 0 Å². The molecule has 0 fully saturated rings. The SMILES string of the molecule is CCC[C@H](C)N=[N+]=[N-]. The smallest absolute Gasteiger partial charge is 0.0345 e. The van der Waals surface area contributed by atoms with Gasteiger partial charge in [0.05, 0.1) is 0 Å². The highest BCUT2D eigenvalue weighted by Crippen LogP contribution is 1.98. The van der Waals surface area contributed by atoms with Gasteiger partial charge < -0.3 is 0 Å². The molecule has 0 saturated heterocycles. The molecule has 3 heteroatoms. The lowest BCUT2D eigenvalue weighted by Gasteiger charge is -1.96. The summed E-state index contributed by atoms with van der Waals surface area (Å²) in [6.45, 7) is 3.99. The Morgan fingerprint density at radius 3 is 2.75 bits per heavy atom. The first-order valence-electron chi connectivity index (χ1n) is 2.85. The first-order chi connectivity index (χ1) is 3.81. The zero-order valence-electron chi connectivity index (χ0n) is 5.33. The van der Waals surface area contributed by atoms with Gasteiger partial charge in [-0.25, -0.2) is 0 Å². The third kappa shape index (κ3) is 3.50. The molecule has 8 heavy (non-hydrogen) atoms. The summed E-state index contributed by atoms with van der Waals surface area (Å²) in [6, 6.07) is 0.171. The lowest BCUT2D eigenvalue weighted by molar-refractivity contribution is 0.649. The van der Waals surface area contributed by atoms with E-state index in [2.05, 4.69) is 16.9 Å². The maximum absolute atomic E-state index is 7.92. The number of nitrogens with zero attached hydrogens (tertiary/aromatic N) is 3. The van der Waals surface area contributed by atoms with E-state index in [1.165, 1.54) is 0 Å². The molecule has 0 aromatic carbocycles. The van der Waals surface area contributed by atoms with Crippen LogP contribution in [0.2, 0.25) is 0 Å². The maximum Gasteiger partial charge on any atom is 0.0345 e. The molecule has 0 bridgehead atoms. The summed E-state index contributed by atoms with van der Waals surface area (Å²) in [5.41, 5.74) is 7.92. The molecule has 0 amide bonds. The van der Waals surface area contributed by atoms with E-state index >= 15 is 0 Å². The Morgan fingerprint density at radius 1 is 1.75 bits per heavy atom. The molecule has 1 atom stereocenters. The molecule has 0 unspecified atom stereocenters. The predicted octanol–water partition coefficient (Wildman–Crippen LogP) is 2.49. The molecule has 3 nitrogen and oxygen atoms in total. The minimum Gasteiger partial charge on any atom is -0.0909 e. The Hall–Kier alpha value is -0.690. The van der Waals surface area contributed by atoms with Crippen LogP contribution in [0.1, 0.15) is 26.7 Å². The van der Waals surface area contributed by atoms with Gasteiger partial charge in [0.15, 0.2) is 0 Å². The molecule has 0 aromatic rings. The third-order valence-corrected chi connectivity index (χ3v) is 0.955. The highest BCUT2D eigenvalue weighted by atomic mass is 15.1. The van der Waals surface area contributed by atoms with Gasteiger partial charge in [0.2, 0.25) is 0 Å². The predicted molar refractivity (Wildman–Crippen MR) is 33.5 cm³/mol. The lowest BCUT2D eigenvalue weighted by Crippen LogP contribution is -1.92. The average Bonchev–Trinajstić information content (AvgIpc) is 1.68. The van der Waals surface area contributed by atoms with Gasteiger partial charge >= 0.3 is 0 Å². The largest absolute Gasteiger partial charge is 0.0909 e. The summed E-state index contributed by atoms with van der Waals surface area (Å²) in [6.07, 6.45) is 2.07. The summed E-state index contributed by atoms with van der Waals surface area (Å²) < 4.78 is 0. The van der Waals surface area contributed by atoms with Crippen LogP contribution in [0.3, 0.4) is 0 Å². The lowest BCUT2D eigenvalue weighted by atomic mass is 10.2. The van der Waals surface area contributed by atoms with E-state index in [1.54, 1.807) is 0 Å². The summed E-state index contributed by atoms with van der Waals surface area (Å²) in [5.74, 6) is 0. The molecule has 0 N–H and O–H groups in total. The van der Waals surface area contributed by atoms with Crippen molar-refractivity contribution in [3.05, 3.63) is 10.4 Å². The quantitative estimate of drug-likeness (QED) is 0.306. The van der Waals surface area contributed by atoms with Crippen LogP contribution in [0.4, 0.5) is 0 Å². The Bertz CT molecular complexity index is 93.8. The Kier molecular flexibility index (Phi) is 4.08.